The fourth-order valence-electron chi connectivity index (χ4n) is 3.93. The molecule has 1 saturated heterocycles. The van der Waals surface area contributed by atoms with Crippen molar-refractivity contribution in [3.05, 3.63) is 95.4 Å². The third kappa shape index (κ3) is 5.28. The SMILES string of the molecule is O=C(NCc1ccccc1CN1CCCCC1)/C(=C/c1ccco1)c1ccccc1. The molecular weight excluding hydrogens is 372 g/mol. The number of nitrogens with zero attached hydrogens (tertiary/aromatic N) is 1. The van der Waals surface area contributed by atoms with Gasteiger partial charge in [0.25, 0.3) is 5.91 Å². The highest BCUT2D eigenvalue weighted by atomic mass is 16.3. The van der Waals surface area contributed by atoms with Crippen molar-refractivity contribution in [2.24, 2.45) is 0 Å². The Kier molecular flexibility index (Phi) is 6.78. The van der Waals surface area contributed by atoms with Crippen LogP contribution >= 0.6 is 0 Å². The molecule has 1 fully saturated rings. The minimum Gasteiger partial charge on any atom is -0.465 e. The van der Waals surface area contributed by atoms with Gasteiger partial charge >= 0.3 is 0 Å². The Bertz CT molecular complexity index is 971. The van der Waals surface area contributed by atoms with Crippen LogP contribution in [-0.2, 0) is 17.9 Å². The summed E-state index contributed by atoms with van der Waals surface area (Å²) >= 11 is 0. The second-order valence-electron chi connectivity index (χ2n) is 7.73. The van der Waals surface area contributed by atoms with Gasteiger partial charge in [-0.2, -0.15) is 0 Å². The summed E-state index contributed by atoms with van der Waals surface area (Å²) in [6, 6.07) is 21.8. The van der Waals surface area contributed by atoms with Gasteiger partial charge in [-0.25, -0.2) is 0 Å². The molecule has 2 aromatic carbocycles. The minimum atomic E-state index is -0.106. The number of rotatable bonds is 7. The highest BCUT2D eigenvalue weighted by Crippen LogP contribution is 2.20. The van der Waals surface area contributed by atoms with Crippen molar-refractivity contribution < 1.29 is 9.21 Å². The normalized spacial score (nSPS) is 15.1. The standard InChI is InChI=1S/C26H28N2O2/c29-26(25(18-24-14-9-17-30-24)21-10-3-1-4-11-21)27-19-22-12-5-6-13-23(22)20-28-15-7-2-8-16-28/h1,3-6,9-14,17-18H,2,7-8,15-16,19-20H2,(H,27,29)/b25-18+. The van der Waals surface area contributed by atoms with Crippen molar-refractivity contribution in [3.63, 3.8) is 0 Å². The smallest absolute Gasteiger partial charge is 0.252 e. The van der Waals surface area contributed by atoms with Crippen LogP contribution in [-0.4, -0.2) is 23.9 Å². The predicted molar refractivity (Wildman–Crippen MR) is 120 cm³/mol. The summed E-state index contributed by atoms with van der Waals surface area (Å²) in [6.07, 6.45) is 7.29. The Morgan fingerprint density at radius 2 is 1.63 bits per heavy atom. The number of piperidine rings is 1. The first kappa shape index (κ1) is 20.2. The number of hydrogen-bond acceptors (Lipinski definition) is 3. The van der Waals surface area contributed by atoms with Gasteiger partial charge in [-0.1, -0.05) is 61.0 Å². The lowest BCUT2D eigenvalue weighted by Crippen LogP contribution is -2.30. The molecule has 3 aromatic rings. The molecule has 4 rings (SSSR count). The zero-order valence-electron chi connectivity index (χ0n) is 17.2. The third-order valence-corrected chi connectivity index (χ3v) is 5.56. The molecule has 2 heterocycles. The molecule has 0 saturated carbocycles. The van der Waals surface area contributed by atoms with Gasteiger partial charge in [0.1, 0.15) is 5.76 Å². The number of amides is 1. The molecule has 4 heteroatoms. The first-order valence-electron chi connectivity index (χ1n) is 10.7. The van der Waals surface area contributed by atoms with Crippen LogP contribution in [0.3, 0.4) is 0 Å². The first-order valence-corrected chi connectivity index (χ1v) is 10.7. The molecule has 0 radical (unpaired) electrons. The predicted octanol–water partition coefficient (Wildman–Crippen LogP) is 5.12. The second kappa shape index (κ2) is 10.1. The molecule has 1 aliphatic heterocycles. The maximum absolute atomic E-state index is 13.1. The van der Waals surface area contributed by atoms with Gasteiger partial charge in [0, 0.05) is 13.1 Å². The Hall–Kier alpha value is -3.11. The molecule has 4 nitrogen and oxygen atoms in total. The van der Waals surface area contributed by atoms with Crippen LogP contribution in [0.2, 0.25) is 0 Å². The van der Waals surface area contributed by atoms with E-state index in [2.05, 4.69) is 28.4 Å². The van der Waals surface area contributed by atoms with Crippen molar-refractivity contribution in [1.29, 1.82) is 0 Å². The molecule has 1 amide bonds. The van der Waals surface area contributed by atoms with Gasteiger partial charge in [-0.05, 0) is 60.8 Å². The quantitative estimate of drug-likeness (QED) is 0.560. The van der Waals surface area contributed by atoms with Crippen LogP contribution < -0.4 is 5.32 Å². The van der Waals surface area contributed by atoms with Gasteiger partial charge in [0.05, 0.1) is 11.8 Å². The summed E-state index contributed by atoms with van der Waals surface area (Å²) in [7, 11) is 0. The van der Waals surface area contributed by atoms with Crippen LogP contribution in [0, 0.1) is 0 Å². The van der Waals surface area contributed by atoms with Crippen LogP contribution in [0.5, 0.6) is 0 Å². The number of hydrogen-bond donors (Lipinski definition) is 1. The largest absolute Gasteiger partial charge is 0.465 e. The van der Waals surface area contributed by atoms with Gasteiger partial charge in [-0.15, -0.1) is 0 Å². The van der Waals surface area contributed by atoms with Crippen molar-refractivity contribution >= 4 is 17.6 Å². The van der Waals surface area contributed by atoms with E-state index in [9.17, 15) is 4.79 Å². The second-order valence-corrected chi connectivity index (χ2v) is 7.73. The number of furan rings is 1. The molecule has 1 aromatic heterocycles. The molecule has 154 valence electrons. The summed E-state index contributed by atoms with van der Waals surface area (Å²) in [5.41, 5.74) is 3.92. The van der Waals surface area contributed by atoms with E-state index in [0.29, 0.717) is 17.9 Å². The van der Waals surface area contributed by atoms with E-state index in [-0.39, 0.29) is 5.91 Å². The number of benzene rings is 2. The lowest BCUT2D eigenvalue weighted by Gasteiger charge is -2.27. The van der Waals surface area contributed by atoms with Crippen LogP contribution in [0.15, 0.2) is 77.4 Å². The summed E-state index contributed by atoms with van der Waals surface area (Å²) in [4.78, 5) is 15.6. The Morgan fingerprint density at radius 1 is 0.900 bits per heavy atom. The maximum Gasteiger partial charge on any atom is 0.252 e. The molecule has 0 unspecified atom stereocenters. The lowest BCUT2D eigenvalue weighted by atomic mass is 10.0. The summed E-state index contributed by atoms with van der Waals surface area (Å²) in [6.45, 7) is 3.76. The van der Waals surface area contributed by atoms with Gasteiger partial charge < -0.3 is 9.73 Å². The van der Waals surface area contributed by atoms with E-state index in [1.807, 2.05) is 48.5 Å². The average molecular weight is 401 g/mol. The van der Waals surface area contributed by atoms with E-state index in [0.717, 1.165) is 25.2 Å². The van der Waals surface area contributed by atoms with Gasteiger partial charge in [0.15, 0.2) is 0 Å². The number of nitrogens with one attached hydrogen (secondary N) is 1. The highest BCUT2D eigenvalue weighted by molar-refractivity contribution is 6.24. The van der Waals surface area contributed by atoms with Crippen molar-refractivity contribution in [3.8, 4) is 0 Å². The van der Waals surface area contributed by atoms with Gasteiger partial charge in [-0.3, -0.25) is 9.69 Å². The number of carbonyl (C=O) groups excluding carboxylic acids is 1. The van der Waals surface area contributed by atoms with E-state index < -0.39 is 0 Å². The van der Waals surface area contributed by atoms with Crippen molar-refractivity contribution in [2.75, 3.05) is 13.1 Å². The zero-order chi connectivity index (χ0) is 20.6. The molecule has 1 N–H and O–H groups in total. The fraction of sp³-hybridized carbons (Fsp3) is 0.269. The first-order chi connectivity index (χ1) is 14.8. The average Bonchev–Trinajstić information content (AvgIpc) is 3.31. The van der Waals surface area contributed by atoms with E-state index in [1.165, 1.54) is 30.4 Å². The third-order valence-electron chi connectivity index (χ3n) is 5.56. The van der Waals surface area contributed by atoms with Crippen LogP contribution in [0.1, 0.15) is 41.7 Å². The van der Waals surface area contributed by atoms with E-state index in [1.54, 1.807) is 12.3 Å². The van der Waals surface area contributed by atoms with Gasteiger partial charge in [0.2, 0.25) is 0 Å². The maximum atomic E-state index is 13.1. The minimum absolute atomic E-state index is 0.106. The van der Waals surface area contributed by atoms with E-state index in [4.69, 9.17) is 4.42 Å². The fourth-order valence-corrected chi connectivity index (χ4v) is 3.93. The van der Waals surface area contributed by atoms with Crippen molar-refractivity contribution in [1.82, 2.24) is 10.2 Å². The molecule has 1 aliphatic rings. The molecular formula is C26H28N2O2. The molecule has 30 heavy (non-hydrogen) atoms. The summed E-state index contributed by atoms with van der Waals surface area (Å²) < 4.78 is 5.44. The lowest BCUT2D eigenvalue weighted by molar-refractivity contribution is -0.115. The Labute approximate surface area is 178 Å². The molecule has 0 spiro atoms. The van der Waals surface area contributed by atoms with Crippen LogP contribution in [0.4, 0.5) is 0 Å². The van der Waals surface area contributed by atoms with E-state index >= 15 is 0 Å². The summed E-state index contributed by atoms with van der Waals surface area (Å²) in [5.74, 6) is 0.555. The number of carbonyl (C=O) groups is 1. The molecule has 0 aliphatic carbocycles. The highest BCUT2D eigenvalue weighted by Gasteiger charge is 2.15. The summed E-state index contributed by atoms with van der Waals surface area (Å²) in [5, 5.41) is 3.12. The zero-order valence-corrected chi connectivity index (χ0v) is 17.2. The molecule has 0 atom stereocenters. The van der Waals surface area contributed by atoms with Crippen LogP contribution in [0.25, 0.3) is 11.6 Å². The Morgan fingerprint density at radius 3 is 2.37 bits per heavy atom. The Balaban J connectivity index is 1.49. The monoisotopic (exact) mass is 400 g/mol. The molecule has 0 bridgehead atoms. The number of likely N-dealkylation sites (tertiary alicyclic amines) is 1. The topological polar surface area (TPSA) is 45.5 Å². The van der Waals surface area contributed by atoms with Crippen molar-refractivity contribution in [2.45, 2.75) is 32.4 Å².